The number of alkyl halides is 1. The van der Waals surface area contributed by atoms with E-state index in [2.05, 4.69) is 217 Å². The molecular formula is C90H82F4N2O. The summed E-state index contributed by atoms with van der Waals surface area (Å²) in [4.78, 5) is 4.81. The lowest BCUT2D eigenvalue weighted by atomic mass is 9.58. The van der Waals surface area contributed by atoms with Gasteiger partial charge >= 0.3 is 0 Å². The van der Waals surface area contributed by atoms with Gasteiger partial charge in [-0.1, -0.05) is 206 Å². The summed E-state index contributed by atoms with van der Waals surface area (Å²) in [5, 5.41) is 0. The lowest BCUT2D eigenvalue weighted by molar-refractivity contribution is 0.0880. The van der Waals surface area contributed by atoms with Crippen molar-refractivity contribution < 1.29 is 22.3 Å². The molecule has 5 aromatic rings. The lowest BCUT2D eigenvalue weighted by Gasteiger charge is -2.45. The Bertz CT molecular complexity index is 4480. The van der Waals surface area contributed by atoms with Gasteiger partial charge in [-0.15, -0.1) is 6.58 Å². The molecule has 1 saturated carbocycles. The van der Waals surface area contributed by atoms with Gasteiger partial charge in [-0.2, -0.15) is 0 Å². The first-order valence-corrected chi connectivity index (χ1v) is 35.6. The van der Waals surface area contributed by atoms with Gasteiger partial charge in [0.2, 0.25) is 0 Å². The summed E-state index contributed by atoms with van der Waals surface area (Å²) < 4.78 is 67.3. The highest BCUT2D eigenvalue weighted by Crippen LogP contribution is 2.66. The van der Waals surface area contributed by atoms with E-state index in [0.29, 0.717) is 31.1 Å². The van der Waals surface area contributed by atoms with Crippen molar-refractivity contribution in [3.05, 3.63) is 365 Å². The zero-order valence-corrected chi connectivity index (χ0v) is 54.8. The molecule has 0 aromatic heterocycles. The molecule has 5 aromatic carbocycles. The fourth-order valence-corrected chi connectivity index (χ4v) is 19.9. The minimum absolute atomic E-state index is 0.0179. The molecule has 97 heavy (non-hydrogen) atoms. The zero-order valence-electron chi connectivity index (χ0n) is 54.8. The van der Waals surface area contributed by atoms with Gasteiger partial charge in [0, 0.05) is 57.6 Å². The Balaban J connectivity index is 0.702. The van der Waals surface area contributed by atoms with Crippen LogP contribution in [-0.4, -0.2) is 24.4 Å². The van der Waals surface area contributed by atoms with Crippen molar-refractivity contribution in [2.24, 2.45) is 53.3 Å². The zero-order chi connectivity index (χ0) is 65.5. The van der Waals surface area contributed by atoms with E-state index >= 15 is 8.78 Å². The summed E-state index contributed by atoms with van der Waals surface area (Å²) in [6.07, 6.45) is 62.1. The van der Waals surface area contributed by atoms with Crippen molar-refractivity contribution in [3.63, 3.8) is 0 Å². The van der Waals surface area contributed by atoms with E-state index in [1.54, 1.807) is 36.4 Å². The molecule has 0 N–H and O–H groups in total. The number of hydrogen-bond acceptors (Lipinski definition) is 3. The van der Waals surface area contributed by atoms with Gasteiger partial charge in [0.25, 0.3) is 0 Å². The molecule has 1 heterocycles. The van der Waals surface area contributed by atoms with Crippen LogP contribution in [-0.2, 0) is 15.6 Å². The van der Waals surface area contributed by atoms with Crippen LogP contribution >= 0.6 is 0 Å². The van der Waals surface area contributed by atoms with Gasteiger partial charge < -0.3 is 14.5 Å². The molecule has 16 atom stereocenters. The molecule has 16 unspecified atom stereocenters. The standard InChI is InChI=1S/C90H82F4N2O/c1-3-57-19-25-63(26-20-57)89(65-29-33-67(91)34-30-65)83-17-7-5-15-77(83)79-47-23-61(53-85(79)89)59-11-9-13-73(51-59)95(71-41-37-69(93)38-42-71)75-45-49-87-81(55-75)82-56-76(46-50-88(82)97-87)96(72-43-39-70(94)40-44-72)74-14-10-12-60(52-74)62-24-48-80-78-16-6-8-18-84(78)90(86(80)54-62,66-31-35-68(92)36-32-66)64-27-21-58(4-2)22-28-64/h3-11,13-19,21,24-25,27-36,39-41,43-46,48-51,53-56,58,60,69,74,77,79-83,85-88H,1-2,12,20,22-23,26,37-38,42,47,52H2. The normalized spacial score (nSPS) is 33.1. The maximum atomic E-state index is 15.3. The second-order valence-electron chi connectivity index (χ2n) is 29.0. The quantitative estimate of drug-likeness (QED) is 0.0814. The molecule has 1 saturated heterocycles. The predicted molar refractivity (Wildman–Crippen MR) is 386 cm³/mol. The third-order valence-corrected chi connectivity index (χ3v) is 24.3. The summed E-state index contributed by atoms with van der Waals surface area (Å²) in [6, 6.07) is 39.5. The average Bonchev–Trinajstić information content (AvgIpc) is 1.56. The maximum absolute atomic E-state index is 15.3. The smallest absolute Gasteiger partial charge is 0.123 e. The Morgan fingerprint density at radius 3 is 2.06 bits per heavy atom. The van der Waals surface area contributed by atoms with E-state index in [-0.39, 0.29) is 88.5 Å². The molecular weight excluding hydrogens is 1200 g/mol. The molecule has 11 aliphatic carbocycles. The molecule has 486 valence electrons. The highest BCUT2D eigenvalue weighted by molar-refractivity contribution is 5.74. The Labute approximate surface area is 569 Å². The number of ether oxygens (including phenoxy) is 1. The molecule has 7 heteroatoms. The van der Waals surface area contributed by atoms with Crippen LogP contribution in [0.5, 0.6) is 0 Å². The van der Waals surface area contributed by atoms with Crippen LogP contribution in [0, 0.1) is 70.7 Å². The summed E-state index contributed by atoms with van der Waals surface area (Å²) in [7, 11) is 0. The van der Waals surface area contributed by atoms with E-state index < -0.39 is 11.6 Å². The minimum Gasteiger partial charge on any atom is -0.366 e. The Hall–Kier alpha value is -9.04. The van der Waals surface area contributed by atoms with Crippen LogP contribution in [0.1, 0.15) is 97.9 Å². The van der Waals surface area contributed by atoms with E-state index in [9.17, 15) is 8.78 Å². The van der Waals surface area contributed by atoms with E-state index in [1.165, 1.54) is 50.1 Å². The number of anilines is 2. The molecule has 3 nitrogen and oxygen atoms in total. The Morgan fingerprint density at radius 1 is 0.577 bits per heavy atom. The summed E-state index contributed by atoms with van der Waals surface area (Å²) in [5.74, 6) is 0.943. The molecule has 0 amide bonds. The number of halogens is 4. The molecule has 12 aliphatic rings. The van der Waals surface area contributed by atoms with Crippen molar-refractivity contribution in [1.29, 1.82) is 0 Å². The Kier molecular flexibility index (Phi) is 15.9. The fourth-order valence-electron chi connectivity index (χ4n) is 19.9. The molecule has 0 bridgehead atoms. The van der Waals surface area contributed by atoms with Crippen molar-refractivity contribution in [2.75, 3.05) is 9.80 Å². The number of rotatable bonds is 14. The molecule has 0 spiro atoms. The molecule has 1 aliphatic heterocycles. The van der Waals surface area contributed by atoms with Gasteiger partial charge in [-0.05, 0) is 223 Å². The van der Waals surface area contributed by atoms with Crippen molar-refractivity contribution in [3.8, 4) is 0 Å². The largest absolute Gasteiger partial charge is 0.366 e. The van der Waals surface area contributed by atoms with Crippen LogP contribution in [0.25, 0.3) is 5.57 Å². The number of benzene rings is 5. The molecule has 0 radical (unpaired) electrons. The van der Waals surface area contributed by atoms with Gasteiger partial charge in [0.05, 0.1) is 23.7 Å². The van der Waals surface area contributed by atoms with Crippen LogP contribution in [0.15, 0.2) is 320 Å². The first kappa shape index (κ1) is 61.5. The third-order valence-electron chi connectivity index (χ3n) is 24.3. The monoisotopic (exact) mass is 1280 g/mol. The number of allylic oxidation sites excluding steroid dienone is 25. The van der Waals surface area contributed by atoms with E-state index in [0.717, 1.165) is 79.0 Å². The first-order chi connectivity index (χ1) is 47.6. The van der Waals surface area contributed by atoms with Crippen LogP contribution in [0.3, 0.4) is 0 Å². The van der Waals surface area contributed by atoms with Crippen LogP contribution in [0.2, 0.25) is 0 Å². The van der Waals surface area contributed by atoms with Gasteiger partial charge in [0.15, 0.2) is 0 Å². The van der Waals surface area contributed by atoms with Gasteiger partial charge in [-0.25, -0.2) is 17.6 Å². The summed E-state index contributed by atoms with van der Waals surface area (Å²) >= 11 is 0. The maximum Gasteiger partial charge on any atom is 0.123 e. The second-order valence-corrected chi connectivity index (χ2v) is 29.0. The fraction of sp³-hybridized carbons (Fsp3) is 0.289. The highest BCUT2D eigenvalue weighted by Gasteiger charge is 2.61. The van der Waals surface area contributed by atoms with E-state index in [1.807, 2.05) is 36.4 Å². The summed E-state index contributed by atoms with van der Waals surface area (Å²) in [6.45, 7) is 8.25. The van der Waals surface area contributed by atoms with Gasteiger partial charge in [-0.3, -0.25) is 0 Å². The van der Waals surface area contributed by atoms with Crippen LogP contribution in [0.4, 0.5) is 28.9 Å². The first-order valence-electron chi connectivity index (χ1n) is 35.6. The average molecular weight is 1280 g/mol. The lowest BCUT2D eigenvalue weighted by Crippen LogP contribution is -2.40. The minimum atomic E-state index is -0.884. The summed E-state index contributed by atoms with van der Waals surface area (Å²) in [5.41, 5.74) is 16.8. The molecule has 2 fully saturated rings. The number of nitrogens with zero attached hydrogens (tertiary/aromatic N) is 2. The highest BCUT2D eigenvalue weighted by atomic mass is 19.1. The van der Waals surface area contributed by atoms with Gasteiger partial charge in [0.1, 0.15) is 23.6 Å². The molecule has 17 rings (SSSR count). The van der Waals surface area contributed by atoms with Crippen molar-refractivity contribution in [1.82, 2.24) is 0 Å². The SMILES string of the molecule is C=CC1=CC=C(C2(c3ccc(F)cc3)C3C=CC=CC3C3CCC(c4cccc(N(C5=CC6C(C=C5)OC5C=CC(N(c7ccc(F)cc7)C7C=CCC(C8=CC9C(C=C8)c8ccccc8C9(C8=CCC(C=C)C=C8)c8ccc(F)cc8)C7)=CC56)C5=CCC(F)CC5)c4)=CC32)CC1. The van der Waals surface area contributed by atoms with Crippen LogP contribution < -0.4 is 9.80 Å². The van der Waals surface area contributed by atoms with Crippen molar-refractivity contribution in [2.45, 2.75) is 105 Å². The topological polar surface area (TPSA) is 15.7 Å². The Morgan fingerprint density at radius 2 is 1.33 bits per heavy atom. The third kappa shape index (κ3) is 10.5. The second kappa shape index (κ2) is 25.1. The van der Waals surface area contributed by atoms with E-state index in [4.69, 9.17) is 4.74 Å². The van der Waals surface area contributed by atoms with Crippen molar-refractivity contribution >= 4 is 16.9 Å². The number of fused-ring (bicyclic) bond motifs is 9. The number of hydrogen-bond donors (Lipinski definition) is 0. The predicted octanol–water partition coefficient (Wildman–Crippen LogP) is 21.5.